The lowest BCUT2D eigenvalue weighted by Crippen LogP contribution is -2.44. The Morgan fingerprint density at radius 3 is 2.62 bits per heavy atom. The first-order valence-electron chi connectivity index (χ1n) is 11.1. The van der Waals surface area contributed by atoms with E-state index in [0.29, 0.717) is 37.3 Å². The van der Waals surface area contributed by atoms with Crippen molar-refractivity contribution in [1.82, 2.24) is 20.5 Å². The van der Waals surface area contributed by atoms with Crippen LogP contribution in [0.2, 0.25) is 0 Å². The number of ether oxygens (including phenoxy) is 1. The molecule has 0 bridgehead atoms. The molecule has 1 atom stereocenters. The Kier molecular flexibility index (Phi) is 6.39. The minimum atomic E-state index is -0.687. The van der Waals surface area contributed by atoms with Crippen molar-refractivity contribution >= 4 is 17.8 Å². The first-order chi connectivity index (χ1) is 15.5. The summed E-state index contributed by atoms with van der Waals surface area (Å²) in [7, 11) is 0. The van der Waals surface area contributed by atoms with Crippen LogP contribution in [0.4, 0.5) is 4.79 Å². The van der Waals surface area contributed by atoms with Crippen LogP contribution in [-0.4, -0.2) is 46.4 Å². The molecule has 2 fully saturated rings. The zero-order valence-electron chi connectivity index (χ0n) is 18.2. The average Bonchev–Trinajstić information content (AvgIpc) is 3.37. The molecule has 4 amide bonds. The molecular formula is C24H28N4O4. The number of imide groups is 1. The van der Waals surface area contributed by atoms with Crippen LogP contribution in [0.3, 0.4) is 0 Å². The number of hydrogen-bond donors (Lipinski definition) is 2. The van der Waals surface area contributed by atoms with Crippen molar-refractivity contribution in [3.8, 4) is 5.88 Å². The fourth-order valence-electron chi connectivity index (χ4n) is 4.30. The summed E-state index contributed by atoms with van der Waals surface area (Å²) in [5.41, 5.74) is 0.776. The van der Waals surface area contributed by atoms with Crippen LogP contribution in [0, 0.1) is 0 Å². The summed E-state index contributed by atoms with van der Waals surface area (Å²) < 4.78 is 5.83. The van der Waals surface area contributed by atoms with Gasteiger partial charge in [-0.05, 0) is 37.8 Å². The standard InChI is InChI=1S/C24H28N4O4/c1-17(18-8-3-2-4-9-18)32-20-11-10-19(16-26-20)21(29)25-14-7-15-28-22(30)24(27-23(28)31)12-5-6-13-24/h2-4,8-11,16-17H,5-7,12-15H2,1H3,(H,25,29)(H,27,31)/t17-/m1/s1. The second-order valence-corrected chi connectivity index (χ2v) is 8.34. The highest BCUT2D eigenvalue weighted by atomic mass is 16.5. The number of urea groups is 1. The summed E-state index contributed by atoms with van der Waals surface area (Å²) in [6, 6.07) is 12.8. The monoisotopic (exact) mass is 436 g/mol. The average molecular weight is 437 g/mol. The molecule has 1 aromatic carbocycles. The van der Waals surface area contributed by atoms with Crippen molar-refractivity contribution < 1.29 is 19.1 Å². The second kappa shape index (κ2) is 9.38. The Morgan fingerprint density at radius 2 is 1.94 bits per heavy atom. The third kappa shape index (κ3) is 4.59. The number of aromatic nitrogens is 1. The number of nitrogens with one attached hydrogen (secondary N) is 2. The summed E-state index contributed by atoms with van der Waals surface area (Å²) in [4.78, 5) is 42.7. The van der Waals surface area contributed by atoms with E-state index in [0.717, 1.165) is 18.4 Å². The van der Waals surface area contributed by atoms with Crippen molar-refractivity contribution in [3.63, 3.8) is 0 Å². The summed E-state index contributed by atoms with van der Waals surface area (Å²) >= 11 is 0. The number of carbonyl (C=O) groups is 3. The molecule has 168 valence electrons. The molecule has 2 aliphatic rings. The number of nitrogens with zero attached hydrogens (tertiary/aromatic N) is 2. The molecular weight excluding hydrogens is 408 g/mol. The van der Waals surface area contributed by atoms with Gasteiger partial charge < -0.3 is 15.4 Å². The third-order valence-electron chi connectivity index (χ3n) is 6.11. The lowest BCUT2D eigenvalue weighted by molar-refractivity contribution is -0.131. The topological polar surface area (TPSA) is 101 Å². The Balaban J connectivity index is 1.22. The summed E-state index contributed by atoms with van der Waals surface area (Å²) in [5, 5.41) is 5.67. The predicted octanol–water partition coefficient (Wildman–Crippen LogP) is 3.21. The van der Waals surface area contributed by atoms with Gasteiger partial charge in [-0.15, -0.1) is 0 Å². The van der Waals surface area contributed by atoms with Gasteiger partial charge in [0.05, 0.1) is 5.56 Å². The van der Waals surface area contributed by atoms with Gasteiger partial charge in [-0.3, -0.25) is 14.5 Å². The molecule has 0 unspecified atom stereocenters. The van der Waals surface area contributed by atoms with E-state index in [4.69, 9.17) is 4.74 Å². The van der Waals surface area contributed by atoms with Crippen LogP contribution < -0.4 is 15.4 Å². The van der Waals surface area contributed by atoms with Crippen LogP contribution in [0.5, 0.6) is 5.88 Å². The molecule has 0 radical (unpaired) electrons. The van der Waals surface area contributed by atoms with E-state index in [1.165, 1.54) is 11.1 Å². The predicted molar refractivity (Wildman–Crippen MR) is 118 cm³/mol. The molecule has 2 N–H and O–H groups in total. The van der Waals surface area contributed by atoms with Gasteiger partial charge >= 0.3 is 6.03 Å². The number of rotatable bonds is 8. The van der Waals surface area contributed by atoms with Crippen molar-refractivity contribution in [2.24, 2.45) is 0 Å². The molecule has 8 nitrogen and oxygen atoms in total. The maximum Gasteiger partial charge on any atom is 0.325 e. The largest absolute Gasteiger partial charge is 0.470 e. The lowest BCUT2D eigenvalue weighted by atomic mass is 9.98. The Morgan fingerprint density at radius 1 is 1.19 bits per heavy atom. The molecule has 4 rings (SSSR count). The smallest absolute Gasteiger partial charge is 0.325 e. The van der Waals surface area contributed by atoms with Gasteiger partial charge in [-0.2, -0.15) is 0 Å². The van der Waals surface area contributed by atoms with Crippen LogP contribution in [0.25, 0.3) is 0 Å². The number of amides is 4. The maximum absolute atomic E-state index is 12.6. The van der Waals surface area contributed by atoms with E-state index in [9.17, 15) is 14.4 Å². The molecule has 2 aromatic rings. The molecule has 2 heterocycles. The molecule has 8 heteroatoms. The van der Waals surface area contributed by atoms with E-state index in [1.54, 1.807) is 12.1 Å². The van der Waals surface area contributed by atoms with Crippen LogP contribution >= 0.6 is 0 Å². The van der Waals surface area contributed by atoms with Gasteiger partial charge in [0, 0.05) is 25.4 Å². The van der Waals surface area contributed by atoms with Gasteiger partial charge in [0.1, 0.15) is 11.6 Å². The highest BCUT2D eigenvalue weighted by Crippen LogP contribution is 2.35. The van der Waals surface area contributed by atoms with Crippen LogP contribution in [-0.2, 0) is 4.79 Å². The lowest BCUT2D eigenvalue weighted by Gasteiger charge is -2.20. The van der Waals surface area contributed by atoms with Crippen molar-refractivity contribution in [2.75, 3.05) is 13.1 Å². The zero-order chi connectivity index (χ0) is 22.6. The fraction of sp³-hybridized carbons (Fsp3) is 0.417. The molecule has 1 aliphatic heterocycles. The SMILES string of the molecule is C[C@@H](Oc1ccc(C(=O)NCCCN2C(=O)NC3(CCCC3)C2=O)cn1)c1ccccc1. The quantitative estimate of drug-likeness (QED) is 0.489. The fourth-order valence-corrected chi connectivity index (χ4v) is 4.30. The molecule has 1 saturated heterocycles. The van der Waals surface area contributed by atoms with Crippen LogP contribution in [0.1, 0.15) is 61.1 Å². The number of carbonyl (C=O) groups excluding carboxylic acids is 3. The van der Waals surface area contributed by atoms with Crippen molar-refractivity contribution in [1.29, 1.82) is 0 Å². The molecule has 1 aromatic heterocycles. The normalized spacial score (nSPS) is 18.0. The second-order valence-electron chi connectivity index (χ2n) is 8.34. The summed E-state index contributed by atoms with van der Waals surface area (Å²) in [6.45, 7) is 2.58. The van der Waals surface area contributed by atoms with Crippen molar-refractivity contribution in [2.45, 2.75) is 50.7 Å². The number of pyridine rings is 1. The number of benzene rings is 1. The highest BCUT2D eigenvalue weighted by molar-refractivity contribution is 6.07. The Labute approximate surface area is 187 Å². The van der Waals surface area contributed by atoms with E-state index < -0.39 is 5.54 Å². The minimum absolute atomic E-state index is 0.129. The molecule has 32 heavy (non-hydrogen) atoms. The van der Waals surface area contributed by atoms with Gasteiger partial charge in [-0.25, -0.2) is 9.78 Å². The third-order valence-corrected chi connectivity index (χ3v) is 6.11. The molecule has 1 saturated carbocycles. The Bertz CT molecular complexity index is 971. The minimum Gasteiger partial charge on any atom is -0.470 e. The van der Waals surface area contributed by atoms with Gasteiger partial charge in [-0.1, -0.05) is 43.2 Å². The van der Waals surface area contributed by atoms with Crippen LogP contribution in [0.15, 0.2) is 48.7 Å². The summed E-state index contributed by atoms with van der Waals surface area (Å²) in [6.07, 6.45) is 5.15. The highest BCUT2D eigenvalue weighted by Gasteiger charge is 2.51. The van der Waals surface area contributed by atoms with Crippen molar-refractivity contribution in [3.05, 3.63) is 59.8 Å². The first-order valence-corrected chi connectivity index (χ1v) is 11.1. The maximum atomic E-state index is 12.6. The van der Waals surface area contributed by atoms with Gasteiger partial charge in [0.25, 0.3) is 11.8 Å². The molecule has 1 aliphatic carbocycles. The molecule has 1 spiro atoms. The number of hydrogen-bond acceptors (Lipinski definition) is 5. The van der Waals surface area contributed by atoms with Gasteiger partial charge in [0.2, 0.25) is 5.88 Å². The first kappa shape index (κ1) is 21.8. The Hall–Kier alpha value is -3.42. The van der Waals surface area contributed by atoms with E-state index >= 15 is 0 Å². The van der Waals surface area contributed by atoms with Gasteiger partial charge in [0.15, 0.2) is 0 Å². The summed E-state index contributed by atoms with van der Waals surface area (Å²) in [5.74, 6) is 0.0535. The van der Waals surface area contributed by atoms with E-state index in [2.05, 4.69) is 15.6 Å². The van der Waals surface area contributed by atoms with E-state index in [-0.39, 0.29) is 30.5 Å². The van der Waals surface area contributed by atoms with E-state index in [1.807, 2.05) is 37.3 Å². The zero-order valence-corrected chi connectivity index (χ0v) is 18.2.